The van der Waals surface area contributed by atoms with Crippen molar-refractivity contribution in [2.45, 2.75) is 25.7 Å². The summed E-state index contributed by atoms with van der Waals surface area (Å²) in [5.74, 6) is -0.362. The highest BCUT2D eigenvalue weighted by atomic mass is 35.5. The summed E-state index contributed by atoms with van der Waals surface area (Å²) in [6.07, 6.45) is 0. The van der Waals surface area contributed by atoms with Crippen LogP contribution in [-0.2, 0) is 14.8 Å². The molecule has 7 nitrogen and oxygen atoms in total. The first kappa shape index (κ1) is 19.5. The fraction of sp³-hybridized carbons (Fsp3) is 0.333. The lowest BCUT2D eigenvalue weighted by Gasteiger charge is -2.11. The van der Waals surface area contributed by atoms with Gasteiger partial charge in [-0.25, -0.2) is 18.2 Å². The van der Waals surface area contributed by atoms with Gasteiger partial charge in [-0.1, -0.05) is 22.9 Å². The van der Waals surface area contributed by atoms with Crippen LogP contribution in [0.1, 0.15) is 29.2 Å². The smallest absolute Gasteiger partial charge is 0.350 e. The molecule has 0 fully saturated rings. The minimum absolute atomic E-state index is 0.0583. The number of nitrogens with one attached hydrogen (secondary N) is 1. The van der Waals surface area contributed by atoms with Gasteiger partial charge in [-0.3, -0.25) is 4.72 Å². The second kappa shape index (κ2) is 8.03. The standard InChI is InChI=1S/C15H17ClN2O5S2/c1-4-22-11-7-6-10(16)8-12(11)25(20,21)18-15-17-9(3)13(24-15)14(19)23-5-2/h6-8H,4-5H2,1-3H3,(H,17,18). The van der Waals surface area contributed by atoms with E-state index in [1.165, 1.54) is 18.2 Å². The molecule has 0 aliphatic carbocycles. The number of aryl methyl sites for hydroxylation is 1. The molecule has 0 bridgehead atoms. The third-order valence-corrected chi connectivity index (χ3v) is 5.75. The second-order valence-electron chi connectivity index (χ2n) is 4.78. The van der Waals surface area contributed by atoms with Gasteiger partial charge in [-0.05, 0) is 39.0 Å². The van der Waals surface area contributed by atoms with Crippen LogP contribution < -0.4 is 9.46 Å². The van der Waals surface area contributed by atoms with Crippen molar-refractivity contribution in [1.82, 2.24) is 4.98 Å². The number of anilines is 1. The Kier molecular flexibility index (Phi) is 6.26. The molecule has 1 aromatic heterocycles. The number of thiazole rings is 1. The van der Waals surface area contributed by atoms with E-state index in [1.807, 2.05) is 0 Å². The van der Waals surface area contributed by atoms with Gasteiger partial charge in [0, 0.05) is 5.02 Å². The number of ether oxygens (including phenoxy) is 2. The fourth-order valence-electron chi connectivity index (χ4n) is 1.96. The van der Waals surface area contributed by atoms with Gasteiger partial charge in [-0.2, -0.15) is 0 Å². The lowest BCUT2D eigenvalue weighted by atomic mass is 10.3. The van der Waals surface area contributed by atoms with Gasteiger partial charge in [-0.15, -0.1) is 0 Å². The summed E-state index contributed by atoms with van der Waals surface area (Å²) >= 11 is 6.81. The first-order valence-corrected chi connectivity index (χ1v) is 10.1. The van der Waals surface area contributed by atoms with E-state index in [1.54, 1.807) is 20.8 Å². The Morgan fingerprint density at radius 2 is 2.04 bits per heavy atom. The van der Waals surface area contributed by atoms with Gasteiger partial charge in [0.1, 0.15) is 15.5 Å². The fourth-order valence-corrected chi connectivity index (χ4v) is 4.47. The number of carbonyl (C=O) groups is 1. The topological polar surface area (TPSA) is 94.6 Å². The summed E-state index contributed by atoms with van der Waals surface area (Å²) in [5.41, 5.74) is 0.386. The number of hydrogen-bond donors (Lipinski definition) is 1. The van der Waals surface area contributed by atoms with E-state index in [9.17, 15) is 13.2 Å². The molecule has 1 N–H and O–H groups in total. The van der Waals surface area contributed by atoms with Crippen LogP contribution in [0.2, 0.25) is 5.02 Å². The first-order chi connectivity index (χ1) is 11.8. The van der Waals surface area contributed by atoms with Crippen LogP contribution in [0.5, 0.6) is 5.75 Å². The zero-order valence-corrected chi connectivity index (χ0v) is 16.2. The number of esters is 1. The Morgan fingerprint density at radius 1 is 1.32 bits per heavy atom. The SMILES string of the molecule is CCOC(=O)c1sc(NS(=O)(=O)c2cc(Cl)ccc2OCC)nc1C. The van der Waals surface area contributed by atoms with Gasteiger partial charge in [0.05, 0.1) is 18.9 Å². The number of carbonyl (C=O) groups excluding carboxylic acids is 1. The van der Waals surface area contributed by atoms with Gasteiger partial charge in [0.25, 0.3) is 10.0 Å². The van der Waals surface area contributed by atoms with Crippen molar-refractivity contribution in [3.63, 3.8) is 0 Å². The summed E-state index contributed by atoms with van der Waals surface area (Å²) < 4.78 is 38.0. The maximum atomic E-state index is 12.7. The summed E-state index contributed by atoms with van der Waals surface area (Å²) in [6.45, 7) is 5.55. The highest BCUT2D eigenvalue weighted by Gasteiger charge is 2.24. The van der Waals surface area contributed by atoms with Crippen LogP contribution in [0.3, 0.4) is 0 Å². The zero-order valence-electron chi connectivity index (χ0n) is 13.8. The zero-order chi connectivity index (χ0) is 18.6. The number of hydrogen-bond acceptors (Lipinski definition) is 7. The van der Waals surface area contributed by atoms with E-state index in [2.05, 4.69) is 9.71 Å². The number of nitrogens with zero attached hydrogens (tertiary/aromatic N) is 1. The van der Waals surface area contributed by atoms with Crippen molar-refractivity contribution < 1.29 is 22.7 Å². The minimum atomic E-state index is -3.99. The molecular formula is C15H17ClN2O5S2. The van der Waals surface area contributed by atoms with Crippen LogP contribution >= 0.6 is 22.9 Å². The Bertz CT molecular complexity index is 880. The Balaban J connectivity index is 2.35. The van der Waals surface area contributed by atoms with Gasteiger partial charge in [0.15, 0.2) is 5.13 Å². The van der Waals surface area contributed by atoms with Crippen LogP contribution in [-0.4, -0.2) is 32.6 Å². The van der Waals surface area contributed by atoms with Gasteiger partial charge >= 0.3 is 5.97 Å². The Labute approximate surface area is 155 Å². The molecule has 1 aromatic carbocycles. The highest BCUT2D eigenvalue weighted by Crippen LogP contribution is 2.31. The Morgan fingerprint density at radius 3 is 2.68 bits per heavy atom. The number of halogens is 1. The normalized spacial score (nSPS) is 11.2. The molecule has 10 heteroatoms. The average Bonchev–Trinajstić information content (AvgIpc) is 2.89. The first-order valence-electron chi connectivity index (χ1n) is 7.38. The maximum Gasteiger partial charge on any atom is 0.350 e. The van der Waals surface area contributed by atoms with E-state index < -0.39 is 16.0 Å². The summed E-state index contributed by atoms with van der Waals surface area (Å²) in [4.78, 5) is 16.0. The monoisotopic (exact) mass is 404 g/mol. The lowest BCUT2D eigenvalue weighted by molar-refractivity contribution is 0.0531. The molecule has 2 rings (SSSR count). The number of benzene rings is 1. The Hall–Kier alpha value is -1.84. The van der Waals surface area contributed by atoms with Crippen LogP contribution in [0.25, 0.3) is 0 Å². The molecule has 2 aromatic rings. The molecule has 0 unspecified atom stereocenters. The van der Waals surface area contributed by atoms with Gasteiger partial charge in [0.2, 0.25) is 0 Å². The molecule has 0 saturated heterocycles. The molecule has 1 heterocycles. The average molecular weight is 405 g/mol. The minimum Gasteiger partial charge on any atom is -0.492 e. The van der Waals surface area contributed by atoms with Crippen LogP contribution in [0.4, 0.5) is 5.13 Å². The predicted molar refractivity (Wildman–Crippen MR) is 96.2 cm³/mol. The molecule has 0 aliphatic heterocycles. The lowest BCUT2D eigenvalue weighted by Crippen LogP contribution is -2.14. The molecule has 0 aliphatic rings. The summed E-state index contributed by atoms with van der Waals surface area (Å²) in [6, 6.07) is 4.32. The highest BCUT2D eigenvalue weighted by molar-refractivity contribution is 7.93. The third kappa shape index (κ3) is 4.62. The molecule has 136 valence electrons. The van der Waals surface area contributed by atoms with E-state index >= 15 is 0 Å². The quantitative estimate of drug-likeness (QED) is 0.710. The predicted octanol–water partition coefficient (Wildman–Crippen LogP) is 3.48. The molecule has 0 saturated carbocycles. The van der Waals surface area contributed by atoms with Gasteiger partial charge < -0.3 is 9.47 Å². The van der Waals surface area contributed by atoms with Crippen molar-refractivity contribution in [2.75, 3.05) is 17.9 Å². The summed E-state index contributed by atoms with van der Waals surface area (Å²) in [7, 11) is -3.99. The van der Waals surface area contributed by atoms with E-state index in [-0.39, 0.29) is 32.3 Å². The van der Waals surface area contributed by atoms with E-state index in [4.69, 9.17) is 21.1 Å². The number of sulfonamides is 1. The van der Waals surface area contributed by atoms with E-state index in [0.717, 1.165) is 11.3 Å². The van der Waals surface area contributed by atoms with Crippen molar-refractivity contribution >= 4 is 44.1 Å². The molecule has 0 amide bonds. The van der Waals surface area contributed by atoms with Crippen molar-refractivity contribution in [2.24, 2.45) is 0 Å². The second-order valence-corrected chi connectivity index (χ2v) is 7.87. The molecule has 0 atom stereocenters. The van der Waals surface area contributed by atoms with E-state index in [0.29, 0.717) is 12.3 Å². The van der Waals surface area contributed by atoms with Crippen molar-refractivity contribution in [3.8, 4) is 5.75 Å². The van der Waals surface area contributed by atoms with Crippen LogP contribution in [0.15, 0.2) is 23.1 Å². The van der Waals surface area contributed by atoms with Crippen molar-refractivity contribution in [3.05, 3.63) is 33.8 Å². The largest absolute Gasteiger partial charge is 0.492 e. The molecule has 25 heavy (non-hydrogen) atoms. The van der Waals surface area contributed by atoms with Crippen molar-refractivity contribution in [1.29, 1.82) is 0 Å². The number of aromatic nitrogens is 1. The maximum absolute atomic E-state index is 12.7. The molecule has 0 spiro atoms. The number of rotatable bonds is 7. The summed E-state index contributed by atoms with van der Waals surface area (Å²) in [5, 5.41) is 0.314. The third-order valence-electron chi connectivity index (χ3n) is 2.97. The van der Waals surface area contributed by atoms with Crippen LogP contribution in [0, 0.1) is 6.92 Å². The molecule has 0 radical (unpaired) electrons. The molecular weight excluding hydrogens is 388 g/mol.